The van der Waals surface area contributed by atoms with Gasteiger partial charge in [-0.25, -0.2) is 4.79 Å². The Morgan fingerprint density at radius 1 is 0.402 bits per heavy atom. The van der Waals surface area contributed by atoms with Gasteiger partial charge in [-0.15, -0.1) is 0 Å². The van der Waals surface area contributed by atoms with Crippen LogP contribution in [-0.2, 0) is 33.6 Å². The number of rotatable bonds is 24. The number of ether oxygens (including phenoxy) is 3. The molecule has 0 aromatic heterocycles. The van der Waals surface area contributed by atoms with Gasteiger partial charge in [0.05, 0.1) is 33.4 Å². The topological polar surface area (TPSA) is 309 Å². The summed E-state index contributed by atoms with van der Waals surface area (Å²) in [4.78, 5) is 96.7. The number of benzene rings is 8. The van der Waals surface area contributed by atoms with E-state index in [9.17, 15) is 43.5 Å². The third kappa shape index (κ3) is 26.5. The fourth-order valence-corrected chi connectivity index (χ4v) is 9.57. The minimum absolute atomic E-state index is 0.0280. The second-order valence-corrected chi connectivity index (χ2v) is 23.9. The number of likely N-dealkylation sites (N-methyl/N-ethyl adjacent to an activating group) is 2. The molecule has 0 aliphatic heterocycles. The summed E-state index contributed by atoms with van der Waals surface area (Å²) in [5.74, 6) is -1.83. The van der Waals surface area contributed by atoms with Gasteiger partial charge >= 0.3 is 5.97 Å². The molecule has 3 unspecified atom stereocenters. The molecule has 20 nitrogen and oxygen atoms in total. The molecular formula is C73H78Cl4N8O12. The molecule has 0 fully saturated rings. The number of nitrogen functional groups attached to an aromatic ring is 2. The lowest BCUT2D eigenvalue weighted by molar-refractivity contribution is -0.139. The molecule has 510 valence electrons. The number of nitrogens with one attached hydrogen (secondary N) is 6. The van der Waals surface area contributed by atoms with E-state index >= 15 is 0 Å². The number of carboxylic acids is 1. The SMILES string of the molecule is CC(C)Oc1ccc(C(=O)NC(Cc2ccc(N)cc2)C(=O)O)cc1Cl.CNC(=O)C(Cc1ccc(N)cc1)NC(=O)c1ccc(OC(C)C)c(Cl)c1.CNC(=O)C(Cc1ccc(NC(=O)c2ccccc2)cc1)NC(=O)c1ccc(OC(C)C)c(Cl)c1.O=C(Cl)c1ccccc1. The molecule has 8 aromatic rings. The molecule has 0 saturated heterocycles. The predicted octanol–water partition coefficient (Wildman–Crippen LogP) is 12.5. The monoisotopic (exact) mass is 1400 g/mol. The first-order valence-electron chi connectivity index (χ1n) is 30.5. The van der Waals surface area contributed by atoms with Crippen molar-refractivity contribution in [2.24, 2.45) is 0 Å². The Hall–Kier alpha value is -10.1. The zero-order valence-electron chi connectivity index (χ0n) is 54.6. The van der Waals surface area contributed by atoms with Crippen molar-refractivity contribution >= 4 is 110 Å². The Bertz CT molecular complexity index is 3940. The van der Waals surface area contributed by atoms with E-state index in [4.69, 9.17) is 72.1 Å². The van der Waals surface area contributed by atoms with Crippen LogP contribution in [0.15, 0.2) is 188 Å². The molecule has 0 heterocycles. The van der Waals surface area contributed by atoms with Crippen LogP contribution in [0.3, 0.4) is 0 Å². The van der Waals surface area contributed by atoms with Crippen LogP contribution in [0, 0.1) is 0 Å². The predicted molar refractivity (Wildman–Crippen MR) is 381 cm³/mol. The number of hydrogen-bond donors (Lipinski definition) is 9. The number of nitrogens with two attached hydrogens (primary N) is 2. The highest BCUT2D eigenvalue weighted by atomic mass is 35.5. The molecule has 0 aliphatic carbocycles. The summed E-state index contributed by atoms with van der Waals surface area (Å²) < 4.78 is 16.7. The number of halogens is 4. The molecule has 0 spiro atoms. The molecule has 0 aliphatic rings. The highest BCUT2D eigenvalue weighted by Crippen LogP contribution is 2.29. The van der Waals surface area contributed by atoms with Crippen LogP contribution in [0.2, 0.25) is 15.1 Å². The van der Waals surface area contributed by atoms with Crippen LogP contribution in [0.1, 0.15) is 110 Å². The van der Waals surface area contributed by atoms with Crippen molar-refractivity contribution in [3.05, 3.63) is 248 Å². The van der Waals surface area contributed by atoms with Gasteiger partial charge in [0.15, 0.2) is 0 Å². The van der Waals surface area contributed by atoms with Gasteiger partial charge in [-0.3, -0.25) is 33.6 Å². The third-order valence-corrected chi connectivity index (χ3v) is 14.6. The van der Waals surface area contributed by atoms with Crippen molar-refractivity contribution in [2.75, 3.05) is 30.9 Å². The summed E-state index contributed by atoms with van der Waals surface area (Å²) in [6.07, 6.45) is 0.615. The second-order valence-electron chi connectivity index (χ2n) is 22.3. The normalized spacial score (nSPS) is 11.4. The van der Waals surface area contributed by atoms with Crippen LogP contribution in [-0.4, -0.2) is 102 Å². The molecule has 6 amide bonds. The molecule has 0 bridgehead atoms. The molecule has 0 saturated carbocycles. The Morgan fingerprint density at radius 2 is 0.711 bits per heavy atom. The van der Waals surface area contributed by atoms with E-state index in [0.717, 1.165) is 16.7 Å². The fourth-order valence-electron chi connectivity index (χ4n) is 8.77. The van der Waals surface area contributed by atoms with Gasteiger partial charge in [-0.1, -0.05) is 120 Å². The van der Waals surface area contributed by atoms with Crippen LogP contribution < -0.4 is 57.6 Å². The van der Waals surface area contributed by atoms with Crippen LogP contribution in [0.4, 0.5) is 17.1 Å². The number of hydrogen-bond acceptors (Lipinski definition) is 13. The first-order chi connectivity index (χ1) is 46.1. The fraction of sp³-hybridized carbons (Fsp3) is 0.233. The lowest BCUT2D eigenvalue weighted by Gasteiger charge is -2.18. The van der Waals surface area contributed by atoms with E-state index in [0.29, 0.717) is 73.0 Å². The zero-order valence-corrected chi connectivity index (χ0v) is 57.6. The van der Waals surface area contributed by atoms with Gasteiger partial charge in [-0.05, 0) is 173 Å². The van der Waals surface area contributed by atoms with Crippen molar-refractivity contribution < 1.29 is 57.7 Å². The lowest BCUT2D eigenvalue weighted by Crippen LogP contribution is -2.47. The molecule has 8 aromatic carbocycles. The van der Waals surface area contributed by atoms with Crippen molar-refractivity contribution in [1.29, 1.82) is 0 Å². The molecular weight excluding hydrogens is 1320 g/mol. The molecule has 11 N–H and O–H groups in total. The summed E-state index contributed by atoms with van der Waals surface area (Å²) in [5.41, 5.74) is 17.6. The quantitative estimate of drug-likeness (QED) is 0.0201. The van der Waals surface area contributed by atoms with Crippen molar-refractivity contribution in [2.45, 2.75) is 97.2 Å². The third-order valence-electron chi connectivity index (χ3n) is 13.5. The first-order valence-corrected chi connectivity index (χ1v) is 32.0. The summed E-state index contributed by atoms with van der Waals surface area (Å²) >= 11 is 23.7. The van der Waals surface area contributed by atoms with Gasteiger partial charge in [0.25, 0.3) is 28.9 Å². The van der Waals surface area contributed by atoms with E-state index in [2.05, 4.69) is 31.9 Å². The van der Waals surface area contributed by atoms with Crippen molar-refractivity contribution in [3.63, 3.8) is 0 Å². The molecule has 3 atom stereocenters. The Morgan fingerprint density at radius 3 is 1.00 bits per heavy atom. The minimum Gasteiger partial charge on any atom is -0.489 e. The number of carboxylic acid groups (broad SMARTS) is 1. The molecule has 8 rings (SSSR count). The average Bonchev–Trinajstić information content (AvgIpc) is 0.868. The van der Waals surface area contributed by atoms with Gasteiger partial charge in [-0.2, -0.15) is 0 Å². The maximum Gasteiger partial charge on any atom is 0.326 e. The van der Waals surface area contributed by atoms with Crippen molar-refractivity contribution in [3.8, 4) is 17.2 Å². The standard InChI is InChI=1S/C27H28ClN3O4.C20H24ClN3O3.C19H21ClN2O4.C7H5ClO/c1-17(2)35-24-14-11-20(16-22(24)28)26(33)31-23(27(34)29-3)15-18-9-12-21(13-10-18)30-25(32)19-7-5-4-6-8-19;1-12(2)27-18-9-6-14(11-16(18)21)19(25)24-17(20(26)23-3)10-13-4-7-15(22)8-5-13;1-11(2)26-17-8-5-13(10-15(17)20)18(23)22-16(19(24)25)9-12-3-6-14(21)7-4-12;8-7(9)6-4-2-1-3-5-6/h4-14,16-17,23H,15H2,1-3H3,(H,29,34)(H,30,32)(H,31,33);4-9,11-12,17H,10,22H2,1-3H3,(H,23,26)(H,24,25);3-8,10-11,16H,9,21H2,1-2H3,(H,22,23)(H,24,25);1-5H. The summed E-state index contributed by atoms with van der Waals surface area (Å²) in [7, 11) is 3.04. The van der Waals surface area contributed by atoms with E-state index < -0.39 is 47.1 Å². The number of anilines is 3. The highest BCUT2D eigenvalue weighted by Gasteiger charge is 2.25. The van der Waals surface area contributed by atoms with Crippen LogP contribution >= 0.6 is 46.4 Å². The van der Waals surface area contributed by atoms with Gasteiger partial charge in [0.1, 0.15) is 35.4 Å². The van der Waals surface area contributed by atoms with Gasteiger partial charge in [0, 0.05) is 78.2 Å². The van der Waals surface area contributed by atoms with E-state index in [-0.39, 0.29) is 59.5 Å². The van der Waals surface area contributed by atoms with E-state index in [1.807, 2.05) is 65.8 Å². The van der Waals surface area contributed by atoms with Crippen LogP contribution in [0.5, 0.6) is 17.2 Å². The molecule has 0 radical (unpaired) electrons. The van der Waals surface area contributed by atoms with Gasteiger partial charge in [0.2, 0.25) is 11.8 Å². The average molecular weight is 1400 g/mol. The summed E-state index contributed by atoms with van der Waals surface area (Å²) in [6, 6.07) is 50.3. The van der Waals surface area contributed by atoms with Crippen LogP contribution in [0.25, 0.3) is 0 Å². The first kappa shape index (κ1) is 77.6. The largest absolute Gasteiger partial charge is 0.489 e. The number of aliphatic carboxylic acids is 1. The minimum atomic E-state index is -1.12. The molecule has 97 heavy (non-hydrogen) atoms. The smallest absolute Gasteiger partial charge is 0.326 e. The number of carbonyl (C=O) groups is 8. The maximum absolute atomic E-state index is 12.8. The maximum atomic E-state index is 12.8. The van der Waals surface area contributed by atoms with E-state index in [1.165, 1.54) is 32.3 Å². The second kappa shape index (κ2) is 39.0. The van der Waals surface area contributed by atoms with Gasteiger partial charge < -0.3 is 62.7 Å². The number of carbonyl (C=O) groups excluding carboxylic acids is 7. The highest BCUT2D eigenvalue weighted by molar-refractivity contribution is 6.67. The lowest BCUT2D eigenvalue weighted by atomic mass is 10.0. The molecule has 24 heteroatoms. The Balaban J connectivity index is 0.000000249. The Kier molecular flexibility index (Phi) is 31.2. The summed E-state index contributed by atoms with van der Waals surface area (Å²) in [5, 5.41) is 26.0. The van der Waals surface area contributed by atoms with E-state index in [1.54, 1.807) is 146 Å². The van der Waals surface area contributed by atoms with Crippen molar-refractivity contribution in [1.82, 2.24) is 26.6 Å². The zero-order chi connectivity index (χ0) is 71.3. The Labute approximate surface area is 584 Å². The summed E-state index contributed by atoms with van der Waals surface area (Å²) in [6.45, 7) is 11.3. The number of amides is 6.